The van der Waals surface area contributed by atoms with Crippen LogP contribution < -0.4 is 5.73 Å². The molecule has 8 heteroatoms. The SMILES string of the molecule is CCOC(=O)CN(CC)S(=O)(=O)c1ccc(N)nc1. The molecule has 0 aromatic carbocycles. The zero-order valence-corrected chi connectivity index (χ0v) is 11.7. The topological polar surface area (TPSA) is 103 Å². The molecule has 0 aliphatic heterocycles. The van der Waals surface area contributed by atoms with Gasteiger partial charge in [0, 0.05) is 12.7 Å². The van der Waals surface area contributed by atoms with Gasteiger partial charge in [0.1, 0.15) is 17.3 Å². The summed E-state index contributed by atoms with van der Waals surface area (Å²) >= 11 is 0. The first-order valence-electron chi connectivity index (χ1n) is 5.79. The molecule has 19 heavy (non-hydrogen) atoms. The molecule has 0 saturated carbocycles. The zero-order valence-electron chi connectivity index (χ0n) is 10.9. The maximum Gasteiger partial charge on any atom is 0.321 e. The molecule has 0 aliphatic carbocycles. The molecule has 1 aromatic rings. The highest BCUT2D eigenvalue weighted by molar-refractivity contribution is 7.89. The van der Waals surface area contributed by atoms with Crippen LogP contribution >= 0.6 is 0 Å². The summed E-state index contributed by atoms with van der Waals surface area (Å²) in [5.41, 5.74) is 5.41. The molecule has 0 bridgehead atoms. The van der Waals surface area contributed by atoms with Crippen molar-refractivity contribution in [3.05, 3.63) is 18.3 Å². The van der Waals surface area contributed by atoms with Gasteiger partial charge in [0.15, 0.2) is 0 Å². The van der Waals surface area contributed by atoms with Gasteiger partial charge in [-0.15, -0.1) is 0 Å². The van der Waals surface area contributed by atoms with Gasteiger partial charge >= 0.3 is 5.97 Å². The number of carbonyl (C=O) groups excluding carboxylic acids is 1. The van der Waals surface area contributed by atoms with Crippen LogP contribution in [0.1, 0.15) is 13.8 Å². The molecule has 0 aliphatic rings. The van der Waals surface area contributed by atoms with E-state index in [0.717, 1.165) is 4.31 Å². The second-order valence-corrected chi connectivity index (χ2v) is 5.59. The van der Waals surface area contributed by atoms with Crippen molar-refractivity contribution in [3.63, 3.8) is 0 Å². The third-order valence-corrected chi connectivity index (χ3v) is 4.26. The molecular formula is C11H17N3O4S. The summed E-state index contributed by atoms with van der Waals surface area (Å²) in [7, 11) is -3.77. The van der Waals surface area contributed by atoms with Crippen LogP contribution in [0.4, 0.5) is 5.82 Å². The van der Waals surface area contributed by atoms with Crippen molar-refractivity contribution in [1.29, 1.82) is 0 Å². The van der Waals surface area contributed by atoms with E-state index < -0.39 is 16.0 Å². The van der Waals surface area contributed by atoms with E-state index >= 15 is 0 Å². The number of hydrogen-bond acceptors (Lipinski definition) is 6. The normalized spacial score (nSPS) is 11.5. The summed E-state index contributed by atoms with van der Waals surface area (Å²) in [5, 5.41) is 0. The number of pyridine rings is 1. The van der Waals surface area contributed by atoms with Crippen LogP contribution in [-0.2, 0) is 19.6 Å². The van der Waals surface area contributed by atoms with Crippen LogP contribution in [0.2, 0.25) is 0 Å². The molecule has 1 aromatic heterocycles. The van der Waals surface area contributed by atoms with E-state index in [4.69, 9.17) is 10.5 Å². The molecule has 0 radical (unpaired) electrons. The summed E-state index contributed by atoms with van der Waals surface area (Å²) in [6.45, 7) is 3.34. The van der Waals surface area contributed by atoms with Crippen molar-refractivity contribution < 1.29 is 17.9 Å². The Morgan fingerprint density at radius 2 is 2.11 bits per heavy atom. The highest BCUT2D eigenvalue weighted by atomic mass is 32.2. The number of aromatic nitrogens is 1. The minimum absolute atomic E-state index is 0.00662. The molecule has 7 nitrogen and oxygen atoms in total. The van der Waals surface area contributed by atoms with E-state index in [0.29, 0.717) is 0 Å². The average Bonchev–Trinajstić information content (AvgIpc) is 2.36. The van der Waals surface area contributed by atoms with Crippen molar-refractivity contribution in [2.75, 3.05) is 25.4 Å². The lowest BCUT2D eigenvalue weighted by molar-refractivity contribution is -0.143. The molecule has 2 N–H and O–H groups in total. The lowest BCUT2D eigenvalue weighted by atomic mass is 10.5. The van der Waals surface area contributed by atoms with Crippen molar-refractivity contribution in [2.45, 2.75) is 18.7 Å². The summed E-state index contributed by atoms with van der Waals surface area (Å²) < 4.78 is 30.3. The highest BCUT2D eigenvalue weighted by Crippen LogP contribution is 2.15. The molecule has 1 rings (SSSR count). The molecule has 0 saturated heterocycles. The molecule has 106 valence electrons. The standard InChI is InChI=1S/C11H17N3O4S/c1-3-14(8-11(15)18-4-2)19(16,17)9-5-6-10(12)13-7-9/h5-7H,3-4,8H2,1-2H3,(H2,12,13). The van der Waals surface area contributed by atoms with Crippen molar-refractivity contribution in [3.8, 4) is 0 Å². The number of nitrogens with two attached hydrogens (primary N) is 1. The summed E-state index contributed by atoms with van der Waals surface area (Å²) in [6, 6.07) is 2.75. The predicted octanol–water partition coefficient (Wildman–Crippen LogP) is 0.238. The van der Waals surface area contributed by atoms with E-state index in [9.17, 15) is 13.2 Å². The Bertz CT molecular complexity index is 527. The molecule has 0 atom stereocenters. The molecular weight excluding hydrogens is 270 g/mol. The fourth-order valence-corrected chi connectivity index (χ4v) is 2.75. The monoisotopic (exact) mass is 287 g/mol. The maximum atomic E-state index is 12.3. The summed E-state index contributed by atoms with van der Waals surface area (Å²) in [4.78, 5) is 15.1. The largest absolute Gasteiger partial charge is 0.465 e. The lowest BCUT2D eigenvalue weighted by Crippen LogP contribution is -2.36. The van der Waals surface area contributed by atoms with E-state index in [2.05, 4.69) is 4.98 Å². The van der Waals surface area contributed by atoms with Gasteiger partial charge in [0.05, 0.1) is 6.61 Å². The van der Waals surface area contributed by atoms with Gasteiger partial charge in [-0.1, -0.05) is 6.92 Å². The number of rotatable bonds is 6. The lowest BCUT2D eigenvalue weighted by Gasteiger charge is -2.19. The molecule has 0 spiro atoms. The van der Waals surface area contributed by atoms with Crippen LogP contribution in [0.25, 0.3) is 0 Å². The maximum absolute atomic E-state index is 12.3. The van der Waals surface area contributed by atoms with Crippen molar-refractivity contribution in [1.82, 2.24) is 9.29 Å². The zero-order chi connectivity index (χ0) is 14.5. The van der Waals surface area contributed by atoms with E-state index in [1.165, 1.54) is 18.3 Å². The quantitative estimate of drug-likeness (QED) is 0.752. The average molecular weight is 287 g/mol. The number of sulfonamides is 1. The fraction of sp³-hybridized carbons (Fsp3) is 0.455. The van der Waals surface area contributed by atoms with Gasteiger partial charge in [-0.3, -0.25) is 4.79 Å². The van der Waals surface area contributed by atoms with Gasteiger partial charge in [0.25, 0.3) is 0 Å². The van der Waals surface area contributed by atoms with E-state index in [1.54, 1.807) is 13.8 Å². The fourth-order valence-electron chi connectivity index (χ4n) is 1.41. The second kappa shape index (κ2) is 6.48. The first-order valence-corrected chi connectivity index (χ1v) is 7.23. The van der Waals surface area contributed by atoms with Gasteiger partial charge in [-0.25, -0.2) is 13.4 Å². The first kappa shape index (κ1) is 15.4. The molecule has 1 heterocycles. The van der Waals surface area contributed by atoms with Gasteiger partial charge in [-0.05, 0) is 19.1 Å². The van der Waals surface area contributed by atoms with Gasteiger partial charge in [-0.2, -0.15) is 4.31 Å². The first-order chi connectivity index (χ1) is 8.91. The number of esters is 1. The Labute approximate surface area is 112 Å². The number of hydrogen-bond donors (Lipinski definition) is 1. The minimum atomic E-state index is -3.77. The van der Waals surface area contributed by atoms with Gasteiger partial charge in [0.2, 0.25) is 10.0 Å². The molecule has 0 fully saturated rings. The Morgan fingerprint density at radius 3 is 2.58 bits per heavy atom. The second-order valence-electron chi connectivity index (χ2n) is 3.66. The number of likely N-dealkylation sites (N-methyl/N-ethyl adjacent to an activating group) is 1. The van der Waals surface area contributed by atoms with Gasteiger partial charge < -0.3 is 10.5 Å². The van der Waals surface area contributed by atoms with Crippen LogP contribution in [0.15, 0.2) is 23.2 Å². The third-order valence-electron chi connectivity index (χ3n) is 2.36. The number of anilines is 1. The van der Waals surface area contributed by atoms with Crippen LogP contribution in [0.5, 0.6) is 0 Å². The van der Waals surface area contributed by atoms with Crippen LogP contribution in [-0.4, -0.2) is 43.4 Å². The Kier molecular flexibility index (Phi) is 5.25. The van der Waals surface area contributed by atoms with Crippen molar-refractivity contribution in [2.24, 2.45) is 0 Å². The predicted molar refractivity (Wildman–Crippen MR) is 69.7 cm³/mol. The summed E-state index contributed by atoms with van der Waals surface area (Å²) in [5.74, 6) is -0.358. The Morgan fingerprint density at radius 1 is 1.42 bits per heavy atom. The number of ether oxygens (including phenoxy) is 1. The Hall–Kier alpha value is -1.67. The van der Waals surface area contributed by atoms with Crippen LogP contribution in [0.3, 0.4) is 0 Å². The highest BCUT2D eigenvalue weighted by Gasteiger charge is 2.25. The van der Waals surface area contributed by atoms with E-state index in [-0.39, 0.29) is 30.4 Å². The minimum Gasteiger partial charge on any atom is -0.465 e. The Balaban J connectivity index is 2.95. The van der Waals surface area contributed by atoms with Crippen molar-refractivity contribution >= 4 is 21.8 Å². The van der Waals surface area contributed by atoms with E-state index in [1.807, 2.05) is 0 Å². The number of nitrogen functional groups attached to an aromatic ring is 1. The smallest absolute Gasteiger partial charge is 0.321 e. The number of carbonyl (C=O) groups is 1. The molecule has 0 amide bonds. The number of nitrogens with zero attached hydrogens (tertiary/aromatic N) is 2. The van der Waals surface area contributed by atoms with Crippen LogP contribution in [0, 0.1) is 0 Å². The summed E-state index contributed by atoms with van der Waals surface area (Å²) in [6.07, 6.45) is 1.17. The third kappa shape index (κ3) is 3.90. The molecule has 0 unspecified atom stereocenters.